The second-order valence-electron chi connectivity index (χ2n) is 4.52. The summed E-state index contributed by atoms with van der Waals surface area (Å²) in [5.74, 6) is 0. The van der Waals surface area contributed by atoms with Gasteiger partial charge in [0.05, 0.1) is 0 Å². The maximum Gasteiger partial charge on any atom is 0.0475 e. The van der Waals surface area contributed by atoms with Crippen molar-refractivity contribution >= 4 is 33.9 Å². The van der Waals surface area contributed by atoms with Crippen molar-refractivity contribution < 1.29 is 0 Å². The average Bonchev–Trinajstić information content (AvgIpc) is 2.76. The molecule has 0 bridgehead atoms. The minimum absolute atomic E-state index is 0.634. The molecule has 0 aliphatic carbocycles. The molecule has 1 aromatic carbocycles. The van der Waals surface area contributed by atoms with Gasteiger partial charge in [0, 0.05) is 15.9 Å². The number of rotatable bonds is 5. The third-order valence-electron chi connectivity index (χ3n) is 3.25. The first kappa shape index (κ1) is 12.9. The molecule has 1 aliphatic heterocycles. The van der Waals surface area contributed by atoms with E-state index < -0.39 is 0 Å². The van der Waals surface area contributed by atoms with Gasteiger partial charge in [-0.25, -0.2) is 0 Å². The number of fused-ring (bicyclic) bond motifs is 1. The first-order valence-corrected chi connectivity index (χ1v) is 7.84. The lowest BCUT2D eigenvalue weighted by Crippen LogP contribution is -2.14. The lowest BCUT2D eigenvalue weighted by molar-refractivity contribution is 0.614. The number of nitrogens with one attached hydrogen (secondary N) is 1. The standard InChI is InChI=1S/C14H19NS2/c1-17-14(16)9-5-3-7-12-10-11-6-2-4-8-13(11)15-12/h2,4,6,8,12,15H,3,5,7,9-10H2,1H3. The fourth-order valence-corrected chi connectivity index (χ4v) is 2.80. The van der Waals surface area contributed by atoms with E-state index in [4.69, 9.17) is 12.2 Å². The Morgan fingerprint density at radius 3 is 3.00 bits per heavy atom. The third-order valence-corrected chi connectivity index (χ3v) is 4.62. The fraction of sp³-hybridized carbons (Fsp3) is 0.500. The molecule has 1 atom stereocenters. The predicted octanol–water partition coefficient (Wildman–Crippen LogP) is 4.27. The van der Waals surface area contributed by atoms with Crippen LogP contribution in [0.25, 0.3) is 0 Å². The van der Waals surface area contributed by atoms with Crippen molar-refractivity contribution in [3.05, 3.63) is 29.8 Å². The zero-order chi connectivity index (χ0) is 12.1. The number of hydrogen-bond acceptors (Lipinski definition) is 3. The Hall–Kier alpha value is -0.540. The molecule has 1 heterocycles. The molecule has 17 heavy (non-hydrogen) atoms. The smallest absolute Gasteiger partial charge is 0.0475 e. The molecular formula is C14H19NS2. The largest absolute Gasteiger partial charge is 0.382 e. The van der Waals surface area contributed by atoms with Crippen LogP contribution < -0.4 is 5.32 Å². The van der Waals surface area contributed by atoms with Crippen LogP contribution >= 0.6 is 24.0 Å². The Morgan fingerprint density at radius 2 is 2.24 bits per heavy atom. The highest BCUT2D eigenvalue weighted by molar-refractivity contribution is 8.22. The normalized spacial score (nSPS) is 17.6. The van der Waals surface area contributed by atoms with Gasteiger partial charge in [0.1, 0.15) is 0 Å². The van der Waals surface area contributed by atoms with Gasteiger partial charge in [-0.15, -0.1) is 11.8 Å². The maximum atomic E-state index is 5.21. The Labute approximate surface area is 113 Å². The molecule has 0 fully saturated rings. The first-order valence-electron chi connectivity index (χ1n) is 6.21. The number of thiocarbonyl (C=S) groups is 1. The monoisotopic (exact) mass is 265 g/mol. The molecule has 1 aromatic rings. The molecule has 0 saturated heterocycles. The zero-order valence-corrected chi connectivity index (χ0v) is 11.9. The van der Waals surface area contributed by atoms with E-state index >= 15 is 0 Å². The van der Waals surface area contributed by atoms with Gasteiger partial charge < -0.3 is 5.32 Å². The topological polar surface area (TPSA) is 12.0 Å². The van der Waals surface area contributed by atoms with Crippen molar-refractivity contribution in [2.45, 2.75) is 38.1 Å². The quantitative estimate of drug-likeness (QED) is 0.630. The van der Waals surface area contributed by atoms with E-state index in [0.29, 0.717) is 6.04 Å². The highest BCUT2D eigenvalue weighted by atomic mass is 32.2. The van der Waals surface area contributed by atoms with Gasteiger partial charge in [-0.3, -0.25) is 0 Å². The highest BCUT2D eigenvalue weighted by Crippen LogP contribution is 2.27. The Bertz CT molecular complexity index is 365. The van der Waals surface area contributed by atoms with Crippen molar-refractivity contribution in [2.24, 2.45) is 0 Å². The molecule has 1 nitrogen and oxygen atoms in total. The second kappa shape index (κ2) is 6.41. The van der Waals surface area contributed by atoms with Gasteiger partial charge >= 0.3 is 0 Å². The molecule has 1 unspecified atom stereocenters. The van der Waals surface area contributed by atoms with E-state index in [0.717, 1.165) is 10.6 Å². The van der Waals surface area contributed by atoms with E-state index in [2.05, 4.69) is 35.8 Å². The van der Waals surface area contributed by atoms with Crippen molar-refractivity contribution in [1.29, 1.82) is 0 Å². The van der Waals surface area contributed by atoms with Crippen LogP contribution in [-0.2, 0) is 6.42 Å². The van der Waals surface area contributed by atoms with Crippen molar-refractivity contribution in [2.75, 3.05) is 11.6 Å². The van der Waals surface area contributed by atoms with Crippen LogP contribution in [0.2, 0.25) is 0 Å². The van der Waals surface area contributed by atoms with Crippen LogP contribution in [0.5, 0.6) is 0 Å². The van der Waals surface area contributed by atoms with E-state index in [1.165, 1.54) is 36.9 Å². The summed E-state index contributed by atoms with van der Waals surface area (Å²) in [4.78, 5) is 0. The predicted molar refractivity (Wildman–Crippen MR) is 82.1 cm³/mol. The number of thioether (sulfide) groups is 1. The molecule has 3 heteroatoms. The summed E-state index contributed by atoms with van der Waals surface area (Å²) in [6.07, 6.45) is 8.10. The number of hydrogen-bond donors (Lipinski definition) is 1. The molecule has 0 saturated carbocycles. The molecule has 1 aliphatic rings. The molecule has 0 spiro atoms. The molecule has 1 N–H and O–H groups in total. The number of anilines is 1. The van der Waals surface area contributed by atoms with Crippen molar-refractivity contribution in [3.8, 4) is 0 Å². The van der Waals surface area contributed by atoms with Gasteiger partial charge in [-0.2, -0.15) is 0 Å². The Kier molecular flexibility index (Phi) is 4.86. The third kappa shape index (κ3) is 3.71. The van der Waals surface area contributed by atoms with Gasteiger partial charge in [0.15, 0.2) is 0 Å². The lowest BCUT2D eigenvalue weighted by Gasteiger charge is -2.10. The van der Waals surface area contributed by atoms with Crippen LogP contribution in [0.3, 0.4) is 0 Å². The molecule has 92 valence electrons. The number of unbranched alkanes of at least 4 members (excludes halogenated alkanes) is 1. The maximum absolute atomic E-state index is 5.21. The van der Waals surface area contributed by atoms with Gasteiger partial charge in [-0.1, -0.05) is 36.8 Å². The van der Waals surface area contributed by atoms with Gasteiger partial charge in [-0.05, 0) is 43.6 Å². The van der Waals surface area contributed by atoms with Crippen LogP contribution in [0, 0.1) is 0 Å². The fourth-order valence-electron chi connectivity index (χ4n) is 2.31. The average molecular weight is 265 g/mol. The van der Waals surface area contributed by atoms with Gasteiger partial charge in [0.25, 0.3) is 0 Å². The minimum atomic E-state index is 0.634. The van der Waals surface area contributed by atoms with E-state index in [9.17, 15) is 0 Å². The summed E-state index contributed by atoms with van der Waals surface area (Å²) in [6, 6.07) is 9.27. The van der Waals surface area contributed by atoms with Crippen molar-refractivity contribution in [1.82, 2.24) is 0 Å². The van der Waals surface area contributed by atoms with Gasteiger partial charge in [0.2, 0.25) is 0 Å². The molecular weight excluding hydrogens is 246 g/mol. The molecule has 0 amide bonds. The minimum Gasteiger partial charge on any atom is -0.382 e. The molecule has 2 rings (SSSR count). The van der Waals surface area contributed by atoms with Crippen LogP contribution in [0.15, 0.2) is 24.3 Å². The first-order chi connectivity index (χ1) is 8.29. The van der Waals surface area contributed by atoms with Crippen LogP contribution in [0.1, 0.15) is 31.2 Å². The van der Waals surface area contributed by atoms with E-state index in [1.807, 2.05) is 0 Å². The van der Waals surface area contributed by atoms with Crippen LogP contribution in [-0.4, -0.2) is 16.5 Å². The van der Waals surface area contributed by atoms with E-state index in [-0.39, 0.29) is 0 Å². The SMILES string of the molecule is CSC(=S)CCCCC1Cc2ccccc2N1. The van der Waals surface area contributed by atoms with Crippen molar-refractivity contribution in [3.63, 3.8) is 0 Å². The molecule has 0 radical (unpaired) electrons. The zero-order valence-electron chi connectivity index (χ0n) is 10.2. The summed E-state index contributed by atoms with van der Waals surface area (Å²) in [5, 5.41) is 3.60. The van der Waals surface area contributed by atoms with E-state index in [1.54, 1.807) is 11.8 Å². The summed E-state index contributed by atoms with van der Waals surface area (Å²) in [7, 11) is 0. The summed E-state index contributed by atoms with van der Waals surface area (Å²) in [5.41, 5.74) is 2.80. The summed E-state index contributed by atoms with van der Waals surface area (Å²) >= 11 is 6.92. The second-order valence-corrected chi connectivity index (χ2v) is 6.18. The number of para-hydroxylation sites is 1. The Morgan fingerprint density at radius 1 is 1.41 bits per heavy atom. The number of benzene rings is 1. The van der Waals surface area contributed by atoms with Crippen LogP contribution in [0.4, 0.5) is 5.69 Å². The highest BCUT2D eigenvalue weighted by Gasteiger charge is 2.18. The molecule has 0 aromatic heterocycles. The lowest BCUT2D eigenvalue weighted by atomic mass is 10.0. The Balaban J connectivity index is 1.68. The summed E-state index contributed by atoms with van der Waals surface area (Å²) in [6.45, 7) is 0. The summed E-state index contributed by atoms with van der Waals surface area (Å²) < 4.78 is 1.15.